The number of aromatic nitrogens is 1. The highest BCUT2D eigenvalue weighted by Gasteiger charge is 2.41. The molecule has 1 aromatic rings. The third-order valence-electron chi connectivity index (χ3n) is 3.60. The monoisotopic (exact) mass is 312 g/mol. The van der Waals surface area contributed by atoms with Crippen molar-refractivity contribution < 1.29 is 4.74 Å². The van der Waals surface area contributed by atoms with Crippen LogP contribution in [0.5, 0.6) is 0 Å². The van der Waals surface area contributed by atoms with Gasteiger partial charge in [-0.25, -0.2) is 4.98 Å². The van der Waals surface area contributed by atoms with Gasteiger partial charge in [-0.2, -0.15) is 0 Å². The van der Waals surface area contributed by atoms with Crippen molar-refractivity contribution >= 4 is 21.7 Å². The van der Waals surface area contributed by atoms with Gasteiger partial charge >= 0.3 is 0 Å². The van der Waals surface area contributed by atoms with Crippen molar-refractivity contribution in [1.29, 1.82) is 0 Å². The van der Waals surface area contributed by atoms with Gasteiger partial charge in [0, 0.05) is 24.2 Å². The second kappa shape index (κ2) is 6.02. The number of anilines is 1. The molecule has 1 aromatic heterocycles. The van der Waals surface area contributed by atoms with E-state index in [4.69, 9.17) is 4.74 Å². The van der Waals surface area contributed by atoms with Crippen molar-refractivity contribution in [3.63, 3.8) is 0 Å². The van der Waals surface area contributed by atoms with E-state index in [2.05, 4.69) is 26.2 Å². The van der Waals surface area contributed by atoms with Crippen LogP contribution in [0.25, 0.3) is 0 Å². The van der Waals surface area contributed by atoms with Crippen LogP contribution in [0.15, 0.2) is 16.6 Å². The van der Waals surface area contributed by atoms with E-state index >= 15 is 0 Å². The number of nitrogens with zero attached hydrogens (tertiary/aromatic N) is 1. The van der Waals surface area contributed by atoms with Crippen molar-refractivity contribution in [2.24, 2.45) is 5.41 Å². The Morgan fingerprint density at radius 1 is 1.44 bits per heavy atom. The van der Waals surface area contributed by atoms with Crippen molar-refractivity contribution in [2.45, 2.75) is 33.1 Å². The summed E-state index contributed by atoms with van der Waals surface area (Å²) in [6, 6.07) is 4.07. The summed E-state index contributed by atoms with van der Waals surface area (Å²) in [6.07, 6.45) is 3.77. The molecule has 0 unspecified atom stereocenters. The molecule has 4 heteroatoms. The van der Waals surface area contributed by atoms with Crippen molar-refractivity contribution in [2.75, 3.05) is 25.1 Å². The fourth-order valence-electron chi connectivity index (χ4n) is 2.05. The fraction of sp³-hybridized carbons (Fsp3) is 0.643. The molecule has 2 rings (SSSR count). The lowest BCUT2D eigenvalue weighted by Crippen LogP contribution is -2.18. The molecule has 0 aliphatic heterocycles. The number of aryl methyl sites for hydroxylation is 1. The van der Waals surface area contributed by atoms with E-state index < -0.39 is 0 Å². The SMILES string of the molecule is CCOCCC1(CNc2ccc(Br)c(C)n2)CC1. The van der Waals surface area contributed by atoms with Gasteiger partial charge in [-0.15, -0.1) is 0 Å². The Morgan fingerprint density at radius 3 is 2.83 bits per heavy atom. The Kier molecular flexibility index (Phi) is 4.62. The fourth-order valence-corrected chi connectivity index (χ4v) is 2.27. The third-order valence-corrected chi connectivity index (χ3v) is 4.44. The first-order valence-corrected chi connectivity index (χ1v) is 7.39. The molecule has 0 aromatic carbocycles. The molecule has 1 aliphatic rings. The molecule has 0 radical (unpaired) electrons. The highest BCUT2D eigenvalue weighted by Crippen LogP contribution is 2.48. The average Bonchev–Trinajstić information content (AvgIpc) is 3.12. The van der Waals surface area contributed by atoms with Gasteiger partial charge in [-0.05, 0) is 66.6 Å². The van der Waals surface area contributed by atoms with Crippen LogP contribution >= 0.6 is 15.9 Å². The van der Waals surface area contributed by atoms with E-state index in [1.807, 2.05) is 26.0 Å². The van der Waals surface area contributed by atoms with Gasteiger partial charge < -0.3 is 10.1 Å². The first-order valence-electron chi connectivity index (χ1n) is 6.60. The highest BCUT2D eigenvalue weighted by molar-refractivity contribution is 9.10. The summed E-state index contributed by atoms with van der Waals surface area (Å²) in [4.78, 5) is 4.51. The summed E-state index contributed by atoms with van der Waals surface area (Å²) in [5, 5.41) is 3.45. The Bertz CT molecular complexity index is 405. The van der Waals surface area contributed by atoms with Gasteiger partial charge in [0.2, 0.25) is 0 Å². The lowest BCUT2D eigenvalue weighted by Gasteiger charge is -2.16. The van der Waals surface area contributed by atoms with Gasteiger partial charge in [-0.3, -0.25) is 0 Å². The van der Waals surface area contributed by atoms with Crippen molar-refractivity contribution in [3.05, 3.63) is 22.3 Å². The molecule has 1 N–H and O–H groups in total. The molecule has 0 atom stereocenters. The summed E-state index contributed by atoms with van der Waals surface area (Å²) in [6.45, 7) is 6.76. The summed E-state index contributed by atoms with van der Waals surface area (Å²) in [5.74, 6) is 0.971. The first-order chi connectivity index (χ1) is 8.65. The average molecular weight is 313 g/mol. The molecule has 1 fully saturated rings. The van der Waals surface area contributed by atoms with Crippen LogP contribution in [0.4, 0.5) is 5.82 Å². The molecule has 1 heterocycles. The van der Waals surface area contributed by atoms with Gasteiger partial charge in [0.05, 0.1) is 5.69 Å². The molecule has 1 aliphatic carbocycles. The van der Waals surface area contributed by atoms with Gasteiger partial charge in [0.25, 0.3) is 0 Å². The number of hydrogen-bond donors (Lipinski definition) is 1. The molecule has 1 saturated carbocycles. The maximum atomic E-state index is 5.45. The van der Waals surface area contributed by atoms with Crippen LogP contribution in [0.3, 0.4) is 0 Å². The van der Waals surface area contributed by atoms with E-state index in [9.17, 15) is 0 Å². The van der Waals surface area contributed by atoms with E-state index in [0.717, 1.165) is 42.2 Å². The lowest BCUT2D eigenvalue weighted by atomic mass is 10.0. The summed E-state index contributed by atoms with van der Waals surface area (Å²) in [7, 11) is 0. The summed E-state index contributed by atoms with van der Waals surface area (Å²) >= 11 is 3.47. The molecule has 0 bridgehead atoms. The first kappa shape index (κ1) is 13.8. The zero-order valence-electron chi connectivity index (χ0n) is 11.1. The number of rotatable bonds is 7. The lowest BCUT2D eigenvalue weighted by molar-refractivity contribution is 0.130. The molecular weight excluding hydrogens is 292 g/mol. The van der Waals surface area contributed by atoms with Crippen LogP contribution in [0.1, 0.15) is 31.9 Å². The minimum absolute atomic E-state index is 0.456. The maximum Gasteiger partial charge on any atom is 0.126 e. The minimum Gasteiger partial charge on any atom is -0.382 e. The minimum atomic E-state index is 0.456. The molecule has 100 valence electrons. The van der Waals surface area contributed by atoms with Gasteiger partial charge in [0.15, 0.2) is 0 Å². The Balaban J connectivity index is 1.82. The molecule has 18 heavy (non-hydrogen) atoms. The second-order valence-electron chi connectivity index (χ2n) is 5.06. The Hall–Kier alpha value is -0.610. The van der Waals surface area contributed by atoms with Crippen molar-refractivity contribution in [1.82, 2.24) is 4.98 Å². The number of hydrogen-bond acceptors (Lipinski definition) is 3. The van der Waals surface area contributed by atoms with E-state index in [1.54, 1.807) is 0 Å². The number of nitrogens with one attached hydrogen (secondary N) is 1. The van der Waals surface area contributed by atoms with Gasteiger partial charge in [-0.1, -0.05) is 0 Å². The van der Waals surface area contributed by atoms with Gasteiger partial charge in [0.1, 0.15) is 5.82 Å². The summed E-state index contributed by atoms with van der Waals surface area (Å²) < 4.78 is 6.51. The van der Waals surface area contributed by atoms with Crippen LogP contribution in [-0.2, 0) is 4.74 Å². The van der Waals surface area contributed by atoms with E-state index in [1.165, 1.54) is 12.8 Å². The van der Waals surface area contributed by atoms with Crippen LogP contribution in [0.2, 0.25) is 0 Å². The molecular formula is C14H21BrN2O. The van der Waals surface area contributed by atoms with Crippen molar-refractivity contribution in [3.8, 4) is 0 Å². The second-order valence-corrected chi connectivity index (χ2v) is 5.92. The molecule has 3 nitrogen and oxygen atoms in total. The van der Waals surface area contributed by atoms with Crippen LogP contribution in [-0.4, -0.2) is 24.7 Å². The molecule has 0 amide bonds. The third kappa shape index (κ3) is 3.69. The number of halogens is 1. The molecule has 0 saturated heterocycles. The zero-order chi connectivity index (χ0) is 13.0. The number of pyridine rings is 1. The quantitative estimate of drug-likeness (QED) is 0.778. The Morgan fingerprint density at radius 2 is 2.22 bits per heavy atom. The zero-order valence-corrected chi connectivity index (χ0v) is 12.7. The standard InChI is InChI=1S/C14H21BrN2O/c1-3-18-9-8-14(6-7-14)10-16-13-5-4-12(15)11(2)17-13/h4-5H,3,6-10H2,1-2H3,(H,16,17). The van der Waals surface area contributed by atoms with E-state index in [0.29, 0.717) is 5.41 Å². The topological polar surface area (TPSA) is 34.1 Å². The maximum absolute atomic E-state index is 5.45. The highest BCUT2D eigenvalue weighted by atomic mass is 79.9. The predicted molar refractivity (Wildman–Crippen MR) is 77.9 cm³/mol. The normalized spacial score (nSPS) is 16.6. The molecule has 0 spiro atoms. The smallest absolute Gasteiger partial charge is 0.126 e. The largest absolute Gasteiger partial charge is 0.382 e. The number of ether oxygens (including phenoxy) is 1. The van der Waals surface area contributed by atoms with Crippen LogP contribution < -0.4 is 5.32 Å². The van der Waals surface area contributed by atoms with E-state index in [-0.39, 0.29) is 0 Å². The Labute approximate surface area is 117 Å². The predicted octanol–water partition coefficient (Wildman–Crippen LogP) is 3.77. The van der Waals surface area contributed by atoms with Crippen LogP contribution in [0, 0.1) is 12.3 Å². The summed E-state index contributed by atoms with van der Waals surface area (Å²) in [5.41, 5.74) is 1.48.